The first-order valence-corrected chi connectivity index (χ1v) is 10.9. The van der Waals surface area contributed by atoms with Crippen LogP contribution in [0.5, 0.6) is 0 Å². The minimum Gasteiger partial charge on any atom is -0.373 e. The van der Waals surface area contributed by atoms with Crippen LogP contribution < -0.4 is 0 Å². The van der Waals surface area contributed by atoms with E-state index in [0.717, 1.165) is 45.1 Å². The standard InChI is InChI=1S/C23H31FO3/c1-3-13-8-17-15-10-20-18-9-14(25)4-7-23(18,12-27-20)16(15)5-6-22(17,2)21(13)19(26)11-24/h9,13,15-17,20-21H,3-8,10-12H2,1-2H3/t13-,15-,16+,17+,20-,21-,22+,23+/m1/s1. The zero-order valence-corrected chi connectivity index (χ0v) is 16.5. The van der Waals surface area contributed by atoms with Crippen molar-refractivity contribution in [1.82, 2.24) is 0 Å². The Morgan fingerprint density at radius 2 is 2.11 bits per heavy atom. The van der Waals surface area contributed by atoms with E-state index in [-0.39, 0.29) is 34.4 Å². The fourth-order valence-corrected chi connectivity index (χ4v) is 8.33. The summed E-state index contributed by atoms with van der Waals surface area (Å²) in [6, 6.07) is 0. The molecule has 4 fully saturated rings. The molecule has 8 atom stereocenters. The van der Waals surface area contributed by atoms with E-state index in [2.05, 4.69) is 13.8 Å². The average molecular weight is 374 g/mol. The van der Waals surface area contributed by atoms with Gasteiger partial charge in [0.1, 0.15) is 6.67 Å². The normalized spacial score (nSPS) is 50.6. The molecule has 4 aliphatic carbocycles. The van der Waals surface area contributed by atoms with Gasteiger partial charge >= 0.3 is 0 Å². The van der Waals surface area contributed by atoms with E-state index < -0.39 is 6.67 Å². The lowest BCUT2D eigenvalue weighted by molar-refractivity contribution is -0.132. The van der Waals surface area contributed by atoms with Crippen molar-refractivity contribution in [1.29, 1.82) is 0 Å². The van der Waals surface area contributed by atoms with Crippen LogP contribution in [-0.2, 0) is 14.3 Å². The van der Waals surface area contributed by atoms with Gasteiger partial charge in [0.05, 0.1) is 12.7 Å². The van der Waals surface area contributed by atoms with Gasteiger partial charge in [-0.15, -0.1) is 0 Å². The summed E-state index contributed by atoms with van der Waals surface area (Å²) in [5, 5.41) is 0. The number of hydrogen-bond donors (Lipinski definition) is 0. The van der Waals surface area contributed by atoms with Crippen LogP contribution in [-0.4, -0.2) is 31.0 Å². The Hall–Kier alpha value is -1.03. The molecule has 0 amide bonds. The van der Waals surface area contributed by atoms with Crippen molar-refractivity contribution in [3.63, 3.8) is 0 Å². The van der Waals surface area contributed by atoms with Crippen LogP contribution >= 0.6 is 0 Å². The van der Waals surface area contributed by atoms with Gasteiger partial charge in [-0.05, 0) is 72.8 Å². The lowest BCUT2D eigenvalue weighted by atomic mass is 9.46. The van der Waals surface area contributed by atoms with Crippen molar-refractivity contribution in [2.45, 2.75) is 64.9 Å². The SMILES string of the molecule is CC[C@@H]1C[C@H]2[C@@H]3C[C@H]4OC[C@@]5(CCC(=O)C=C45)[C@H]3CC[C@]2(C)[C@H]1C(=O)CF. The van der Waals surface area contributed by atoms with Crippen LogP contribution in [0.1, 0.15) is 58.8 Å². The predicted octanol–water partition coefficient (Wildman–Crippen LogP) is 4.30. The van der Waals surface area contributed by atoms with Gasteiger partial charge in [0.25, 0.3) is 0 Å². The lowest BCUT2D eigenvalue weighted by Gasteiger charge is -2.56. The van der Waals surface area contributed by atoms with Gasteiger partial charge in [0.2, 0.25) is 0 Å². The summed E-state index contributed by atoms with van der Waals surface area (Å²) in [5.41, 5.74) is 1.28. The van der Waals surface area contributed by atoms with Gasteiger partial charge in [-0.25, -0.2) is 4.39 Å². The average Bonchev–Trinajstić information content (AvgIpc) is 3.11. The summed E-state index contributed by atoms with van der Waals surface area (Å²) in [5.74, 6) is 1.90. The maximum absolute atomic E-state index is 13.4. The molecule has 4 heteroatoms. The molecular weight excluding hydrogens is 343 g/mol. The van der Waals surface area contributed by atoms with E-state index in [1.807, 2.05) is 6.08 Å². The predicted molar refractivity (Wildman–Crippen MR) is 99.8 cm³/mol. The topological polar surface area (TPSA) is 43.4 Å². The second kappa shape index (κ2) is 5.98. The summed E-state index contributed by atoms with van der Waals surface area (Å²) in [4.78, 5) is 24.6. The zero-order valence-electron chi connectivity index (χ0n) is 16.5. The number of ketones is 2. The molecule has 0 N–H and O–H groups in total. The van der Waals surface area contributed by atoms with Crippen molar-refractivity contribution in [3.05, 3.63) is 11.6 Å². The molecule has 0 aromatic rings. The first kappa shape index (κ1) is 18.0. The van der Waals surface area contributed by atoms with Crippen molar-refractivity contribution < 1.29 is 18.7 Å². The molecule has 3 nitrogen and oxygen atoms in total. The summed E-state index contributed by atoms with van der Waals surface area (Å²) in [6.07, 6.45) is 8.69. The van der Waals surface area contributed by atoms with Gasteiger partial charge in [-0.2, -0.15) is 0 Å². The Balaban J connectivity index is 1.53. The third-order valence-electron chi connectivity index (χ3n) is 9.41. The molecule has 0 radical (unpaired) electrons. The largest absolute Gasteiger partial charge is 0.373 e. The molecule has 148 valence electrons. The van der Waals surface area contributed by atoms with Gasteiger partial charge in [-0.3, -0.25) is 9.59 Å². The second-order valence-corrected chi connectivity index (χ2v) is 10.2. The highest BCUT2D eigenvalue weighted by Crippen LogP contribution is 2.69. The molecule has 0 unspecified atom stereocenters. The molecule has 1 heterocycles. The minimum atomic E-state index is -0.817. The number of rotatable bonds is 3. The molecule has 1 aliphatic heterocycles. The molecule has 1 saturated heterocycles. The monoisotopic (exact) mass is 374 g/mol. The van der Waals surface area contributed by atoms with Crippen LogP contribution in [0.4, 0.5) is 4.39 Å². The highest BCUT2D eigenvalue weighted by Gasteiger charge is 2.66. The summed E-state index contributed by atoms with van der Waals surface area (Å²) in [7, 11) is 0. The Kier molecular flexibility index (Phi) is 3.99. The quantitative estimate of drug-likeness (QED) is 0.740. The van der Waals surface area contributed by atoms with Crippen LogP contribution in [0.3, 0.4) is 0 Å². The van der Waals surface area contributed by atoms with Gasteiger partial charge in [0.15, 0.2) is 11.6 Å². The smallest absolute Gasteiger partial charge is 0.167 e. The van der Waals surface area contributed by atoms with Crippen LogP contribution in [0.15, 0.2) is 11.6 Å². The number of carbonyl (C=O) groups excluding carboxylic acids is 2. The number of carbonyl (C=O) groups is 2. The number of alkyl halides is 1. The van der Waals surface area contributed by atoms with Crippen molar-refractivity contribution in [3.8, 4) is 0 Å². The maximum atomic E-state index is 13.4. The van der Waals surface area contributed by atoms with Crippen molar-refractivity contribution in [2.24, 2.45) is 40.4 Å². The molecule has 3 saturated carbocycles. The van der Waals surface area contributed by atoms with Crippen molar-refractivity contribution in [2.75, 3.05) is 13.3 Å². The molecule has 2 bridgehead atoms. The highest BCUT2D eigenvalue weighted by atomic mass is 19.1. The number of hydrogen-bond acceptors (Lipinski definition) is 3. The molecule has 5 aliphatic rings. The van der Waals surface area contributed by atoms with E-state index in [1.54, 1.807) is 0 Å². The van der Waals surface area contributed by atoms with E-state index in [0.29, 0.717) is 30.1 Å². The number of ether oxygens (including phenoxy) is 1. The third kappa shape index (κ3) is 2.22. The van der Waals surface area contributed by atoms with E-state index in [4.69, 9.17) is 4.74 Å². The third-order valence-corrected chi connectivity index (χ3v) is 9.41. The fraction of sp³-hybridized carbons (Fsp3) is 0.826. The van der Waals surface area contributed by atoms with Crippen LogP contribution in [0.2, 0.25) is 0 Å². The first-order valence-electron chi connectivity index (χ1n) is 10.9. The molecular formula is C23H31FO3. The Bertz CT molecular complexity index is 714. The number of Topliss-reactive ketones (excluding diaryl/α,β-unsaturated/α-hetero) is 1. The van der Waals surface area contributed by atoms with E-state index in [1.165, 1.54) is 5.57 Å². The van der Waals surface area contributed by atoms with Gasteiger partial charge in [0, 0.05) is 17.8 Å². The molecule has 5 rings (SSSR count). The van der Waals surface area contributed by atoms with Gasteiger partial charge in [-0.1, -0.05) is 20.3 Å². The summed E-state index contributed by atoms with van der Waals surface area (Å²) in [6.45, 7) is 4.38. The first-order chi connectivity index (χ1) is 12.9. The Labute approximate surface area is 161 Å². The molecule has 0 spiro atoms. The fourth-order valence-electron chi connectivity index (χ4n) is 8.33. The minimum absolute atomic E-state index is 0.0622. The number of fused-ring (bicyclic) bond motifs is 3. The summed E-state index contributed by atoms with van der Waals surface area (Å²) < 4.78 is 19.6. The Morgan fingerprint density at radius 3 is 2.85 bits per heavy atom. The molecule has 0 aromatic carbocycles. The van der Waals surface area contributed by atoms with Crippen molar-refractivity contribution >= 4 is 11.6 Å². The Morgan fingerprint density at radius 1 is 1.30 bits per heavy atom. The van der Waals surface area contributed by atoms with Crippen LogP contribution in [0.25, 0.3) is 0 Å². The zero-order chi connectivity index (χ0) is 19.0. The molecule has 0 aromatic heterocycles. The molecule has 27 heavy (non-hydrogen) atoms. The summed E-state index contributed by atoms with van der Waals surface area (Å²) >= 11 is 0. The second-order valence-electron chi connectivity index (χ2n) is 10.2. The van der Waals surface area contributed by atoms with Gasteiger partial charge < -0.3 is 4.74 Å². The van der Waals surface area contributed by atoms with E-state index in [9.17, 15) is 14.0 Å². The number of halogens is 1. The maximum Gasteiger partial charge on any atom is 0.167 e. The lowest BCUT2D eigenvalue weighted by Crippen LogP contribution is -2.53. The van der Waals surface area contributed by atoms with E-state index >= 15 is 0 Å². The highest BCUT2D eigenvalue weighted by molar-refractivity contribution is 5.92. The van der Waals surface area contributed by atoms with Crippen LogP contribution in [0, 0.1) is 40.4 Å².